The molecule has 0 radical (unpaired) electrons. The summed E-state index contributed by atoms with van der Waals surface area (Å²) in [5, 5.41) is 7.66. The number of benzene rings is 2. The first-order chi connectivity index (χ1) is 15.6. The number of para-hydroxylation sites is 2. The van der Waals surface area contributed by atoms with Crippen LogP contribution in [0.5, 0.6) is 5.75 Å². The predicted octanol–water partition coefficient (Wildman–Crippen LogP) is 4.42. The minimum Gasteiger partial charge on any atom is -0.484 e. The molecule has 1 heterocycles. The highest BCUT2D eigenvalue weighted by molar-refractivity contribution is 5.94. The normalized spacial score (nSPS) is 11.3. The molecule has 0 aliphatic carbocycles. The van der Waals surface area contributed by atoms with E-state index in [2.05, 4.69) is 26.1 Å². The summed E-state index contributed by atoms with van der Waals surface area (Å²) in [6, 6.07) is 20.5. The molecular formula is C26H32N4O3. The van der Waals surface area contributed by atoms with E-state index in [0.29, 0.717) is 11.6 Å². The number of hydrogen-bond donors (Lipinski definition) is 1. The van der Waals surface area contributed by atoms with E-state index in [1.807, 2.05) is 68.4 Å². The van der Waals surface area contributed by atoms with Crippen LogP contribution >= 0.6 is 0 Å². The van der Waals surface area contributed by atoms with Crippen LogP contribution < -0.4 is 10.1 Å². The predicted molar refractivity (Wildman–Crippen MR) is 130 cm³/mol. The molecule has 0 unspecified atom stereocenters. The van der Waals surface area contributed by atoms with Gasteiger partial charge in [-0.1, -0.05) is 57.2 Å². The molecule has 0 saturated heterocycles. The summed E-state index contributed by atoms with van der Waals surface area (Å²) in [5.74, 6) is 0.624. The van der Waals surface area contributed by atoms with Crippen LogP contribution in [0.1, 0.15) is 40.3 Å². The largest absolute Gasteiger partial charge is 0.484 e. The van der Waals surface area contributed by atoms with Crippen molar-refractivity contribution in [3.63, 3.8) is 0 Å². The molecule has 0 aliphatic heterocycles. The van der Waals surface area contributed by atoms with Gasteiger partial charge in [0, 0.05) is 17.5 Å². The number of aromatic nitrogens is 2. The van der Waals surface area contributed by atoms with Crippen molar-refractivity contribution < 1.29 is 14.3 Å². The fraction of sp³-hybridized carbons (Fsp3) is 0.346. The third-order valence-corrected chi connectivity index (χ3v) is 5.11. The summed E-state index contributed by atoms with van der Waals surface area (Å²) in [6.07, 6.45) is 0. The van der Waals surface area contributed by atoms with Gasteiger partial charge in [0.25, 0.3) is 5.91 Å². The van der Waals surface area contributed by atoms with Crippen molar-refractivity contribution in [2.75, 3.05) is 18.5 Å². The van der Waals surface area contributed by atoms with Crippen LogP contribution in [0.3, 0.4) is 0 Å². The Morgan fingerprint density at radius 1 is 1.03 bits per heavy atom. The van der Waals surface area contributed by atoms with Gasteiger partial charge in [0.2, 0.25) is 5.91 Å². The van der Waals surface area contributed by atoms with Crippen molar-refractivity contribution in [1.82, 2.24) is 14.7 Å². The van der Waals surface area contributed by atoms with E-state index in [9.17, 15) is 9.59 Å². The fourth-order valence-corrected chi connectivity index (χ4v) is 3.24. The lowest BCUT2D eigenvalue weighted by atomic mass is 9.92. The molecule has 174 valence electrons. The number of carbonyl (C=O) groups is 2. The second-order valence-electron chi connectivity index (χ2n) is 9.18. The van der Waals surface area contributed by atoms with Crippen molar-refractivity contribution >= 4 is 17.6 Å². The smallest absolute Gasteiger partial charge is 0.261 e. The van der Waals surface area contributed by atoms with Crippen LogP contribution in [0.15, 0.2) is 66.7 Å². The first-order valence-corrected chi connectivity index (χ1v) is 11.1. The molecule has 0 atom stereocenters. The number of nitrogens with zero attached hydrogens (tertiary/aromatic N) is 3. The molecular weight excluding hydrogens is 416 g/mol. The van der Waals surface area contributed by atoms with Gasteiger partial charge in [0.05, 0.1) is 11.4 Å². The van der Waals surface area contributed by atoms with Gasteiger partial charge < -0.3 is 15.0 Å². The molecule has 0 saturated carbocycles. The highest BCUT2D eigenvalue weighted by Gasteiger charge is 2.24. The molecule has 3 rings (SSSR count). The van der Waals surface area contributed by atoms with Crippen LogP contribution in [0.4, 0.5) is 5.82 Å². The first-order valence-electron chi connectivity index (χ1n) is 11.1. The molecule has 1 N–H and O–H groups in total. The van der Waals surface area contributed by atoms with Crippen molar-refractivity contribution in [2.24, 2.45) is 0 Å². The van der Waals surface area contributed by atoms with Gasteiger partial charge in [-0.25, -0.2) is 4.68 Å². The average molecular weight is 449 g/mol. The Bertz CT molecular complexity index is 1070. The molecule has 0 spiro atoms. The van der Waals surface area contributed by atoms with Crippen molar-refractivity contribution in [2.45, 2.75) is 46.1 Å². The van der Waals surface area contributed by atoms with E-state index >= 15 is 0 Å². The fourth-order valence-electron chi connectivity index (χ4n) is 3.24. The average Bonchev–Trinajstić information content (AvgIpc) is 3.21. The molecule has 7 nitrogen and oxygen atoms in total. The lowest BCUT2D eigenvalue weighted by Crippen LogP contribution is -2.44. The number of anilines is 1. The Balaban J connectivity index is 1.74. The first kappa shape index (κ1) is 24.0. The van der Waals surface area contributed by atoms with Gasteiger partial charge >= 0.3 is 0 Å². The molecule has 2 aromatic carbocycles. The number of hydrogen-bond acceptors (Lipinski definition) is 4. The molecule has 1 aromatic heterocycles. The molecule has 2 amide bonds. The topological polar surface area (TPSA) is 76.5 Å². The zero-order valence-corrected chi connectivity index (χ0v) is 19.9. The Morgan fingerprint density at radius 3 is 2.21 bits per heavy atom. The van der Waals surface area contributed by atoms with Gasteiger partial charge in [-0.05, 0) is 38.1 Å². The van der Waals surface area contributed by atoms with E-state index < -0.39 is 0 Å². The highest BCUT2D eigenvalue weighted by Crippen LogP contribution is 2.26. The number of ether oxygens (including phenoxy) is 1. The van der Waals surface area contributed by atoms with Gasteiger partial charge in [-0.3, -0.25) is 9.59 Å². The maximum absolute atomic E-state index is 13.0. The van der Waals surface area contributed by atoms with E-state index in [0.717, 1.165) is 11.4 Å². The van der Waals surface area contributed by atoms with Crippen LogP contribution in [-0.2, 0) is 15.0 Å². The highest BCUT2D eigenvalue weighted by atomic mass is 16.5. The third kappa shape index (κ3) is 6.44. The summed E-state index contributed by atoms with van der Waals surface area (Å²) in [7, 11) is 0. The summed E-state index contributed by atoms with van der Waals surface area (Å²) < 4.78 is 7.30. The van der Waals surface area contributed by atoms with Crippen LogP contribution in [0.25, 0.3) is 5.69 Å². The number of rotatable bonds is 8. The number of carbonyl (C=O) groups excluding carboxylic acids is 2. The molecule has 0 fully saturated rings. The van der Waals surface area contributed by atoms with Crippen molar-refractivity contribution in [1.29, 1.82) is 0 Å². The maximum Gasteiger partial charge on any atom is 0.261 e. The van der Waals surface area contributed by atoms with E-state index in [1.165, 1.54) is 4.90 Å². The molecule has 0 bridgehead atoms. The van der Waals surface area contributed by atoms with Gasteiger partial charge in [0.15, 0.2) is 6.61 Å². The maximum atomic E-state index is 13.0. The Morgan fingerprint density at radius 2 is 1.64 bits per heavy atom. The Hall–Kier alpha value is -3.61. The zero-order chi connectivity index (χ0) is 24.0. The van der Waals surface area contributed by atoms with Crippen LogP contribution in [-0.4, -0.2) is 45.7 Å². The second-order valence-corrected chi connectivity index (χ2v) is 9.18. The summed E-state index contributed by atoms with van der Waals surface area (Å²) in [5.41, 5.74) is 1.51. The lowest BCUT2D eigenvalue weighted by molar-refractivity contribution is -0.138. The minimum absolute atomic E-state index is 0.0839. The molecule has 7 heteroatoms. The minimum atomic E-state index is -0.297. The number of amides is 2. The summed E-state index contributed by atoms with van der Waals surface area (Å²) >= 11 is 0. The van der Waals surface area contributed by atoms with Gasteiger partial charge in [-0.2, -0.15) is 5.10 Å². The summed E-state index contributed by atoms with van der Waals surface area (Å²) in [6.45, 7) is 9.75. The second kappa shape index (κ2) is 10.3. The Kier molecular flexibility index (Phi) is 7.53. The summed E-state index contributed by atoms with van der Waals surface area (Å²) in [4.78, 5) is 27.2. The van der Waals surface area contributed by atoms with Crippen molar-refractivity contribution in [3.05, 3.63) is 72.4 Å². The van der Waals surface area contributed by atoms with E-state index in [4.69, 9.17) is 9.84 Å². The lowest BCUT2D eigenvalue weighted by Gasteiger charge is -2.26. The SMILES string of the molecule is CC(C)N(CC(=O)Nc1cc(C(C)(C)C)nn1-c1ccccc1)C(=O)COc1ccccc1. The van der Waals surface area contributed by atoms with Gasteiger partial charge in [-0.15, -0.1) is 0 Å². The monoisotopic (exact) mass is 448 g/mol. The van der Waals surface area contributed by atoms with E-state index in [1.54, 1.807) is 16.8 Å². The molecule has 33 heavy (non-hydrogen) atoms. The third-order valence-electron chi connectivity index (χ3n) is 5.11. The number of nitrogens with one attached hydrogen (secondary N) is 1. The van der Waals surface area contributed by atoms with Gasteiger partial charge in [0.1, 0.15) is 18.1 Å². The Labute approximate surface area is 195 Å². The van der Waals surface area contributed by atoms with Crippen molar-refractivity contribution in [3.8, 4) is 11.4 Å². The van der Waals surface area contributed by atoms with Crippen LogP contribution in [0, 0.1) is 0 Å². The standard InChI is InChI=1S/C26H32N4O3/c1-19(2)29(25(32)18-33-21-14-10-7-11-15-21)17-24(31)27-23-16-22(26(3,4)5)28-30(23)20-12-8-6-9-13-20/h6-16,19H,17-18H2,1-5H3,(H,27,31). The van der Waals surface area contributed by atoms with Crippen LogP contribution in [0.2, 0.25) is 0 Å². The van der Waals surface area contributed by atoms with E-state index in [-0.39, 0.29) is 36.4 Å². The molecule has 0 aliphatic rings. The quantitative estimate of drug-likeness (QED) is 0.553. The zero-order valence-electron chi connectivity index (χ0n) is 19.9. The molecule has 3 aromatic rings.